The summed E-state index contributed by atoms with van der Waals surface area (Å²) < 4.78 is 15.5. The van der Waals surface area contributed by atoms with Crippen molar-refractivity contribution in [1.82, 2.24) is 25.5 Å². The third-order valence-corrected chi connectivity index (χ3v) is 6.11. The van der Waals surface area contributed by atoms with Crippen molar-refractivity contribution in [2.75, 3.05) is 0 Å². The summed E-state index contributed by atoms with van der Waals surface area (Å²) in [5, 5.41) is 21.2. The number of halogens is 1. The number of hydrogen-bond donors (Lipinski definition) is 4. The van der Waals surface area contributed by atoms with Crippen molar-refractivity contribution in [2.24, 2.45) is 0 Å². The van der Waals surface area contributed by atoms with Gasteiger partial charge in [0.05, 0.1) is 11.9 Å². The summed E-state index contributed by atoms with van der Waals surface area (Å²) in [5.41, 5.74) is 5.23. The Kier molecular flexibility index (Phi) is 5.06. The Bertz CT molecular complexity index is 1340. The average Bonchev–Trinajstić information content (AvgIpc) is 3.41. The number of aromatic hydroxyl groups is 1. The number of rotatable bonds is 4. The molecule has 0 bridgehead atoms. The summed E-state index contributed by atoms with van der Waals surface area (Å²) in [5.74, 6) is 0.421. The van der Waals surface area contributed by atoms with Gasteiger partial charge in [0.2, 0.25) is 0 Å². The lowest BCUT2D eigenvalue weighted by Crippen LogP contribution is -2.36. The summed E-state index contributed by atoms with van der Waals surface area (Å²) in [4.78, 5) is 7.92. The number of hydrogen-bond acceptors (Lipinski definition) is 4. The molecule has 0 unspecified atom stereocenters. The quantitative estimate of drug-likeness (QED) is 0.358. The van der Waals surface area contributed by atoms with E-state index in [1.54, 1.807) is 24.3 Å². The Morgan fingerprint density at radius 3 is 2.75 bits per heavy atom. The molecule has 2 aromatic carbocycles. The summed E-state index contributed by atoms with van der Waals surface area (Å²) in [6, 6.07) is 9.34. The van der Waals surface area contributed by atoms with Gasteiger partial charge < -0.3 is 15.4 Å². The van der Waals surface area contributed by atoms with Gasteiger partial charge in [0.25, 0.3) is 0 Å². The predicted molar refractivity (Wildman–Crippen MR) is 125 cm³/mol. The topological polar surface area (TPSA) is 89.6 Å². The molecule has 2 aromatic heterocycles. The van der Waals surface area contributed by atoms with Crippen molar-refractivity contribution in [2.45, 2.75) is 45.7 Å². The van der Waals surface area contributed by atoms with Crippen LogP contribution in [0.3, 0.4) is 0 Å². The Morgan fingerprint density at radius 2 is 1.97 bits per heavy atom. The molecule has 5 rings (SSSR count). The van der Waals surface area contributed by atoms with E-state index < -0.39 is 0 Å². The third-order valence-electron chi connectivity index (χ3n) is 6.11. The first-order valence-electron chi connectivity index (χ1n) is 11.0. The minimum atomic E-state index is -0.388. The predicted octanol–water partition coefficient (Wildman–Crippen LogP) is 5.18. The zero-order chi connectivity index (χ0) is 22.4. The van der Waals surface area contributed by atoms with E-state index in [2.05, 4.69) is 45.4 Å². The van der Waals surface area contributed by atoms with Crippen LogP contribution in [0.1, 0.15) is 38.4 Å². The molecule has 0 fully saturated rings. The van der Waals surface area contributed by atoms with Gasteiger partial charge in [-0.3, -0.25) is 5.10 Å². The first kappa shape index (κ1) is 20.5. The number of aromatic amines is 2. The van der Waals surface area contributed by atoms with Crippen LogP contribution in [-0.4, -0.2) is 37.4 Å². The summed E-state index contributed by atoms with van der Waals surface area (Å²) in [6.07, 6.45) is 5.63. The van der Waals surface area contributed by atoms with Crippen molar-refractivity contribution in [3.8, 4) is 28.4 Å². The fourth-order valence-electron chi connectivity index (χ4n) is 4.64. The second-order valence-corrected chi connectivity index (χ2v) is 8.51. The fraction of sp³-hybridized carbons (Fsp3) is 0.280. The Hall–Kier alpha value is -3.45. The smallest absolute Gasteiger partial charge is 0.159 e. The molecule has 0 amide bonds. The Labute approximate surface area is 185 Å². The number of aromatic nitrogens is 4. The zero-order valence-corrected chi connectivity index (χ0v) is 18.3. The van der Waals surface area contributed by atoms with E-state index in [0.29, 0.717) is 41.0 Å². The molecule has 164 valence electrons. The third kappa shape index (κ3) is 3.48. The van der Waals surface area contributed by atoms with Crippen LogP contribution in [0.4, 0.5) is 4.39 Å². The number of benzene rings is 2. The molecule has 2 atom stereocenters. The SMILES string of the molecule is CCc1cc(O)ccc1-c1ccc2c(-c3ncc(C4=C[C@@H](C)N[C@H](C)C4)[nH]3)[nH]nc2c1F. The molecule has 0 saturated heterocycles. The van der Waals surface area contributed by atoms with Crippen LogP contribution < -0.4 is 5.32 Å². The van der Waals surface area contributed by atoms with Gasteiger partial charge in [0, 0.05) is 23.0 Å². The lowest BCUT2D eigenvalue weighted by atomic mass is 9.96. The van der Waals surface area contributed by atoms with Gasteiger partial charge in [-0.2, -0.15) is 5.10 Å². The Morgan fingerprint density at radius 1 is 1.16 bits per heavy atom. The summed E-state index contributed by atoms with van der Waals surface area (Å²) in [7, 11) is 0. The lowest BCUT2D eigenvalue weighted by molar-refractivity contribution is 0.474. The van der Waals surface area contributed by atoms with Crippen molar-refractivity contribution >= 4 is 16.5 Å². The van der Waals surface area contributed by atoms with E-state index in [1.165, 1.54) is 5.57 Å². The first-order chi connectivity index (χ1) is 15.4. The van der Waals surface area contributed by atoms with Crippen LogP contribution in [0, 0.1) is 5.82 Å². The van der Waals surface area contributed by atoms with Crippen LogP contribution in [0.5, 0.6) is 5.75 Å². The normalized spacial score (nSPS) is 18.8. The van der Waals surface area contributed by atoms with Gasteiger partial charge in [0.15, 0.2) is 11.6 Å². The highest BCUT2D eigenvalue weighted by molar-refractivity contribution is 5.95. The number of fused-ring (bicyclic) bond motifs is 1. The molecule has 32 heavy (non-hydrogen) atoms. The monoisotopic (exact) mass is 431 g/mol. The zero-order valence-electron chi connectivity index (χ0n) is 18.3. The highest BCUT2D eigenvalue weighted by Crippen LogP contribution is 2.35. The van der Waals surface area contributed by atoms with Crippen LogP contribution in [0.2, 0.25) is 0 Å². The van der Waals surface area contributed by atoms with Crippen LogP contribution >= 0.6 is 0 Å². The second-order valence-electron chi connectivity index (χ2n) is 8.51. The average molecular weight is 432 g/mol. The lowest BCUT2D eigenvalue weighted by Gasteiger charge is -2.25. The van der Waals surface area contributed by atoms with E-state index in [-0.39, 0.29) is 17.1 Å². The van der Waals surface area contributed by atoms with Crippen molar-refractivity contribution in [3.05, 3.63) is 59.7 Å². The maximum atomic E-state index is 15.5. The van der Waals surface area contributed by atoms with E-state index in [4.69, 9.17) is 0 Å². The van der Waals surface area contributed by atoms with Crippen LogP contribution in [-0.2, 0) is 6.42 Å². The molecule has 3 heterocycles. The van der Waals surface area contributed by atoms with Gasteiger partial charge in [0.1, 0.15) is 17.0 Å². The van der Waals surface area contributed by atoms with Gasteiger partial charge in [-0.1, -0.05) is 25.1 Å². The number of phenols is 1. The molecular formula is C25H26FN5O. The van der Waals surface area contributed by atoms with E-state index in [0.717, 1.165) is 23.2 Å². The number of nitrogens with zero attached hydrogens (tertiary/aromatic N) is 2. The number of aryl methyl sites for hydroxylation is 1. The summed E-state index contributed by atoms with van der Waals surface area (Å²) in [6.45, 7) is 6.28. The molecule has 6 nitrogen and oxygen atoms in total. The van der Waals surface area contributed by atoms with E-state index >= 15 is 4.39 Å². The van der Waals surface area contributed by atoms with Gasteiger partial charge in [-0.25, -0.2) is 9.37 Å². The second kappa shape index (κ2) is 7.91. The van der Waals surface area contributed by atoms with Crippen LogP contribution in [0.15, 0.2) is 42.6 Å². The maximum Gasteiger partial charge on any atom is 0.159 e. The van der Waals surface area contributed by atoms with Crippen molar-refractivity contribution in [1.29, 1.82) is 0 Å². The molecule has 0 aliphatic carbocycles. The van der Waals surface area contributed by atoms with E-state index in [1.807, 2.05) is 19.2 Å². The van der Waals surface area contributed by atoms with Crippen molar-refractivity contribution < 1.29 is 9.50 Å². The molecule has 4 aromatic rings. The standard InChI is InChI=1S/C25H26FN5O/c1-4-15-11-17(32)5-6-18(15)19-7-8-20-23(22(19)26)30-31-24(20)25-27-12-21(29-25)16-9-13(2)28-14(3)10-16/h5-9,11-14,28,32H,4,10H2,1-3H3,(H,27,29)(H,30,31)/t13-,14-/m1/s1. The molecule has 0 saturated carbocycles. The minimum absolute atomic E-state index is 0.176. The van der Waals surface area contributed by atoms with Gasteiger partial charge in [-0.15, -0.1) is 0 Å². The minimum Gasteiger partial charge on any atom is -0.508 e. The Balaban J connectivity index is 1.54. The molecule has 0 spiro atoms. The first-order valence-corrected chi connectivity index (χ1v) is 11.0. The number of H-pyrrole nitrogens is 2. The molecular weight excluding hydrogens is 405 g/mol. The number of nitrogens with one attached hydrogen (secondary N) is 3. The van der Waals surface area contributed by atoms with E-state index in [9.17, 15) is 5.11 Å². The number of imidazole rings is 1. The summed E-state index contributed by atoms with van der Waals surface area (Å²) >= 11 is 0. The molecule has 1 aliphatic heterocycles. The molecule has 7 heteroatoms. The molecule has 0 radical (unpaired) electrons. The van der Waals surface area contributed by atoms with Gasteiger partial charge >= 0.3 is 0 Å². The van der Waals surface area contributed by atoms with Crippen molar-refractivity contribution in [3.63, 3.8) is 0 Å². The molecule has 4 N–H and O–H groups in total. The van der Waals surface area contributed by atoms with Crippen LogP contribution in [0.25, 0.3) is 39.1 Å². The highest BCUT2D eigenvalue weighted by Gasteiger charge is 2.21. The largest absolute Gasteiger partial charge is 0.508 e. The number of phenolic OH excluding ortho intramolecular Hbond substituents is 1. The highest BCUT2D eigenvalue weighted by atomic mass is 19.1. The fourth-order valence-corrected chi connectivity index (χ4v) is 4.64. The van der Waals surface area contributed by atoms with Gasteiger partial charge in [-0.05, 0) is 61.6 Å². The molecule has 1 aliphatic rings. The maximum absolute atomic E-state index is 15.5.